The molecule has 3 aromatic heterocycles. The molecule has 28 heavy (non-hydrogen) atoms. The van der Waals surface area contributed by atoms with Gasteiger partial charge in [-0.2, -0.15) is 4.98 Å². The van der Waals surface area contributed by atoms with Crippen LogP contribution >= 0.6 is 11.3 Å². The number of ether oxygens (including phenoxy) is 2. The van der Waals surface area contributed by atoms with E-state index in [4.69, 9.17) is 14.0 Å². The molecule has 0 bridgehead atoms. The number of carbonyl (C=O) groups excluding carboxylic acids is 1. The molecule has 0 radical (unpaired) electrons. The molecule has 0 spiro atoms. The van der Waals surface area contributed by atoms with Gasteiger partial charge in [-0.25, -0.2) is 0 Å². The summed E-state index contributed by atoms with van der Waals surface area (Å²) in [5.41, 5.74) is 0.299. The van der Waals surface area contributed by atoms with Gasteiger partial charge in [0.25, 0.3) is 5.91 Å². The van der Waals surface area contributed by atoms with E-state index in [0.29, 0.717) is 23.2 Å². The van der Waals surface area contributed by atoms with Crippen molar-refractivity contribution < 1.29 is 18.8 Å². The number of amides is 1. The van der Waals surface area contributed by atoms with Crippen molar-refractivity contribution in [3.63, 3.8) is 0 Å². The van der Waals surface area contributed by atoms with E-state index in [9.17, 15) is 4.79 Å². The lowest BCUT2D eigenvalue weighted by Gasteiger charge is -2.28. The van der Waals surface area contributed by atoms with Crippen molar-refractivity contribution in [2.45, 2.75) is 37.8 Å². The molecule has 0 unspecified atom stereocenters. The van der Waals surface area contributed by atoms with Gasteiger partial charge in [0.1, 0.15) is 6.10 Å². The zero-order chi connectivity index (χ0) is 19.3. The number of nitrogens with one attached hydrogen (secondary N) is 1. The van der Waals surface area contributed by atoms with Crippen LogP contribution in [0.2, 0.25) is 0 Å². The standard InChI is InChI=1S/C19H20N4O4S/c1-25-17-10-20-11-18(22-17)26-13-6-4-12(5-7-13)21-19(24)14-9-15(27-23-14)16-3-2-8-28-16/h2-3,8-13H,4-7H2,1H3,(H,21,24). The predicted octanol–water partition coefficient (Wildman–Crippen LogP) is 3.32. The summed E-state index contributed by atoms with van der Waals surface area (Å²) in [5, 5.41) is 8.88. The van der Waals surface area contributed by atoms with Crippen LogP contribution in [0.5, 0.6) is 11.8 Å². The van der Waals surface area contributed by atoms with Crippen LogP contribution in [-0.4, -0.2) is 40.3 Å². The number of rotatable bonds is 6. The minimum atomic E-state index is -0.213. The summed E-state index contributed by atoms with van der Waals surface area (Å²) in [6.45, 7) is 0. The fraction of sp³-hybridized carbons (Fsp3) is 0.368. The summed E-state index contributed by atoms with van der Waals surface area (Å²) >= 11 is 1.54. The number of nitrogens with zero attached hydrogens (tertiary/aromatic N) is 3. The van der Waals surface area contributed by atoms with Crippen LogP contribution in [0, 0.1) is 0 Å². The molecule has 1 N–H and O–H groups in total. The molecule has 0 aliphatic heterocycles. The van der Waals surface area contributed by atoms with Gasteiger partial charge in [0.05, 0.1) is 24.4 Å². The van der Waals surface area contributed by atoms with Gasteiger partial charge in [-0.05, 0) is 37.1 Å². The van der Waals surface area contributed by atoms with Crippen molar-refractivity contribution in [2.24, 2.45) is 0 Å². The van der Waals surface area contributed by atoms with E-state index in [1.165, 1.54) is 6.20 Å². The maximum Gasteiger partial charge on any atom is 0.273 e. The second-order valence-electron chi connectivity index (χ2n) is 6.52. The van der Waals surface area contributed by atoms with Crippen molar-refractivity contribution in [2.75, 3.05) is 7.11 Å². The van der Waals surface area contributed by atoms with E-state index in [1.54, 1.807) is 30.7 Å². The molecule has 1 amide bonds. The average Bonchev–Trinajstić information content (AvgIpc) is 3.41. The highest BCUT2D eigenvalue weighted by atomic mass is 32.1. The first-order valence-corrected chi connectivity index (χ1v) is 9.93. The van der Waals surface area contributed by atoms with Gasteiger partial charge >= 0.3 is 0 Å². The van der Waals surface area contributed by atoms with Crippen LogP contribution in [0.15, 0.2) is 40.5 Å². The fourth-order valence-electron chi connectivity index (χ4n) is 3.16. The first-order chi connectivity index (χ1) is 13.7. The smallest absolute Gasteiger partial charge is 0.273 e. The lowest BCUT2D eigenvalue weighted by atomic mass is 9.93. The van der Waals surface area contributed by atoms with Gasteiger partial charge in [-0.15, -0.1) is 11.3 Å². The van der Waals surface area contributed by atoms with Crippen molar-refractivity contribution in [3.8, 4) is 22.4 Å². The molecule has 146 valence electrons. The van der Waals surface area contributed by atoms with E-state index in [2.05, 4.69) is 20.4 Å². The molecule has 3 aromatic rings. The van der Waals surface area contributed by atoms with Gasteiger partial charge in [0.2, 0.25) is 11.8 Å². The molecule has 8 nitrogen and oxygen atoms in total. The number of aromatic nitrogens is 3. The van der Waals surface area contributed by atoms with Gasteiger partial charge in [0, 0.05) is 12.1 Å². The largest absolute Gasteiger partial charge is 0.480 e. The molecule has 3 heterocycles. The van der Waals surface area contributed by atoms with Crippen LogP contribution in [0.3, 0.4) is 0 Å². The Morgan fingerprint density at radius 1 is 1.25 bits per heavy atom. The normalized spacial score (nSPS) is 19.2. The summed E-state index contributed by atoms with van der Waals surface area (Å²) in [6, 6.07) is 5.63. The van der Waals surface area contributed by atoms with Crippen molar-refractivity contribution >= 4 is 17.2 Å². The first kappa shape index (κ1) is 18.4. The molecule has 0 aromatic carbocycles. The number of thiophene rings is 1. The highest BCUT2D eigenvalue weighted by molar-refractivity contribution is 7.13. The summed E-state index contributed by atoms with van der Waals surface area (Å²) in [7, 11) is 1.54. The monoisotopic (exact) mass is 400 g/mol. The van der Waals surface area contributed by atoms with E-state index in [-0.39, 0.29) is 18.1 Å². The molecule has 0 atom stereocenters. The molecule has 1 fully saturated rings. The lowest BCUT2D eigenvalue weighted by molar-refractivity contribution is 0.0880. The summed E-state index contributed by atoms with van der Waals surface area (Å²) in [5.74, 6) is 1.27. The predicted molar refractivity (Wildman–Crippen MR) is 103 cm³/mol. The Morgan fingerprint density at radius 2 is 2.07 bits per heavy atom. The fourth-order valence-corrected chi connectivity index (χ4v) is 3.83. The first-order valence-electron chi connectivity index (χ1n) is 9.05. The number of carbonyl (C=O) groups is 1. The topological polar surface area (TPSA) is 99.4 Å². The van der Waals surface area contributed by atoms with Crippen LogP contribution in [0.25, 0.3) is 10.6 Å². The third kappa shape index (κ3) is 4.30. The Bertz CT molecular complexity index is 920. The Labute approximate surface area is 165 Å². The highest BCUT2D eigenvalue weighted by Crippen LogP contribution is 2.26. The Kier molecular flexibility index (Phi) is 5.52. The zero-order valence-corrected chi connectivity index (χ0v) is 16.1. The van der Waals surface area contributed by atoms with Gasteiger partial charge in [-0.1, -0.05) is 11.2 Å². The second-order valence-corrected chi connectivity index (χ2v) is 7.47. The summed E-state index contributed by atoms with van der Waals surface area (Å²) < 4.78 is 16.2. The molecule has 4 rings (SSSR count). The third-order valence-electron chi connectivity index (χ3n) is 4.60. The molecular weight excluding hydrogens is 380 g/mol. The summed E-state index contributed by atoms with van der Waals surface area (Å²) in [4.78, 5) is 21.7. The maximum atomic E-state index is 12.4. The maximum absolute atomic E-state index is 12.4. The van der Waals surface area contributed by atoms with Crippen LogP contribution in [0.1, 0.15) is 36.2 Å². The molecule has 1 saturated carbocycles. The van der Waals surface area contributed by atoms with E-state index in [0.717, 1.165) is 30.6 Å². The van der Waals surface area contributed by atoms with E-state index < -0.39 is 0 Å². The number of hydrogen-bond donors (Lipinski definition) is 1. The molecular formula is C19H20N4O4S. The quantitative estimate of drug-likeness (QED) is 0.677. The Balaban J connectivity index is 1.27. The molecule has 1 aliphatic rings. The average molecular weight is 400 g/mol. The second kappa shape index (κ2) is 8.39. The van der Waals surface area contributed by atoms with E-state index >= 15 is 0 Å². The van der Waals surface area contributed by atoms with E-state index in [1.807, 2.05) is 17.5 Å². The van der Waals surface area contributed by atoms with Gasteiger partial charge in [0.15, 0.2) is 11.5 Å². The van der Waals surface area contributed by atoms with Gasteiger partial charge in [-0.3, -0.25) is 9.78 Å². The molecule has 0 saturated heterocycles. The molecule has 1 aliphatic carbocycles. The van der Waals surface area contributed by atoms with Crippen LogP contribution < -0.4 is 14.8 Å². The van der Waals surface area contributed by atoms with Gasteiger partial charge < -0.3 is 19.3 Å². The minimum Gasteiger partial charge on any atom is -0.480 e. The number of hydrogen-bond acceptors (Lipinski definition) is 8. The van der Waals surface area contributed by atoms with Crippen molar-refractivity contribution in [3.05, 3.63) is 41.7 Å². The van der Waals surface area contributed by atoms with Crippen LogP contribution in [-0.2, 0) is 0 Å². The van der Waals surface area contributed by atoms with Crippen LogP contribution in [0.4, 0.5) is 0 Å². The third-order valence-corrected chi connectivity index (χ3v) is 5.49. The SMILES string of the molecule is COc1cncc(OC2CCC(NC(=O)c3cc(-c4cccs4)on3)CC2)n1. The summed E-state index contributed by atoms with van der Waals surface area (Å²) in [6.07, 6.45) is 6.45. The number of methoxy groups -OCH3 is 1. The lowest BCUT2D eigenvalue weighted by Crippen LogP contribution is -2.39. The minimum absolute atomic E-state index is 0.0482. The zero-order valence-electron chi connectivity index (χ0n) is 15.3. The van der Waals surface area contributed by atoms with Crippen molar-refractivity contribution in [1.82, 2.24) is 20.4 Å². The Morgan fingerprint density at radius 3 is 2.82 bits per heavy atom. The highest BCUT2D eigenvalue weighted by Gasteiger charge is 2.25. The molecule has 9 heteroatoms. The van der Waals surface area contributed by atoms with Crippen molar-refractivity contribution in [1.29, 1.82) is 0 Å². The Hall–Kier alpha value is -2.94.